The highest BCUT2D eigenvalue weighted by Crippen LogP contribution is 2.13. The lowest BCUT2D eigenvalue weighted by Crippen LogP contribution is -1.99. The number of hydrogen-bond acceptors (Lipinski definition) is 4. The molecule has 0 bridgehead atoms. The Morgan fingerprint density at radius 1 is 1.14 bits per heavy atom. The molecule has 3 rings (SSSR count). The molecule has 0 N–H and O–H groups in total. The van der Waals surface area contributed by atoms with Crippen LogP contribution < -0.4 is 0 Å². The normalized spacial score (nSPS) is 11.0. The third-order valence-corrected chi connectivity index (χ3v) is 3.29. The fourth-order valence-corrected chi connectivity index (χ4v) is 2.05. The van der Waals surface area contributed by atoms with E-state index in [2.05, 4.69) is 15.5 Å². The van der Waals surface area contributed by atoms with Crippen molar-refractivity contribution in [2.75, 3.05) is 0 Å². The lowest BCUT2D eigenvalue weighted by Gasteiger charge is -2.01. The summed E-state index contributed by atoms with van der Waals surface area (Å²) >= 11 is 5.83. The van der Waals surface area contributed by atoms with Gasteiger partial charge >= 0.3 is 0 Å². The van der Waals surface area contributed by atoms with Gasteiger partial charge in [0.25, 0.3) is 0 Å². The van der Waals surface area contributed by atoms with Crippen molar-refractivity contribution in [1.82, 2.24) is 20.2 Å². The molecule has 0 unspecified atom stereocenters. The molecule has 2 aromatic carbocycles. The first-order valence-electron chi connectivity index (χ1n) is 6.54. The third kappa shape index (κ3) is 3.27. The van der Waals surface area contributed by atoms with Gasteiger partial charge in [-0.2, -0.15) is 0 Å². The molecule has 0 aliphatic rings. The molecule has 108 valence electrons. The Balaban J connectivity index is 1.80. The van der Waals surface area contributed by atoms with Gasteiger partial charge in [-0.05, 0) is 46.3 Å². The first kappa shape index (κ1) is 14.2. The summed E-state index contributed by atoms with van der Waals surface area (Å²) in [5.74, 6) is -0.0927. The molecule has 0 fully saturated rings. The highest BCUT2D eigenvalue weighted by Gasteiger charge is 2.05. The zero-order valence-electron chi connectivity index (χ0n) is 11.4. The minimum absolute atomic E-state index is 0.0927. The van der Waals surface area contributed by atoms with Crippen LogP contribution in [0.15, 0.2) is 60.9 Å². The van der Waals surface area contributed by atoms with Crippen molar-refractivity contribution >= 4 is 23.5 Å². The van der Waals surface area contributed by atoms with Crippen LogP contribution >= 0.6 is 11.6 Å². The van der Waals surface area contributed by atoms with E-state index >= 15 is 0 Å². The fourth-order valence-electron chi connectivity index (χ4n) is 1.92. The number of rotatable bonds is 4. The second kappa shape index (κ2) is 6.32. The van der Waals surface area contributed by atoms with Crippen LogP contribution in [0.1, 0.15) is 15.9 Å². The van der Waals surface area contributed by atoms with Gasteiger partial charge in [0.2, 0.25) is 0 Å². The van der Waals surface area contributed by atoms with E-state index in [4.69, 9.17) is 11.6 Å². The lowest BCUT2D eigenvalue weighted by atomic mass is 10.1. The Morgan fingerprint density at radius 2 is 1.95 bits per heavy atom. The monoisotopic (exact) mass is 310 g/mol. The smallest absolute Gasteiger partial charge is 0.185 e. The standard InChI is InChI=1S/C16H11ClN4O/c17-14-7-4-12(5-8-14)6-9-16(22)13-2-1-3-15(10-13)21-11-18-19-20-21/h1-11H/b9-6+. The van der Waals surface area contributed by atoms with Crippen molar-refractivity contribution in [2.45, 2.75) is 0 Å². The van der Waals surface area contributed by atoms with Gasteiger partial charge in [0.1, 0.15) is 6.33 Å². The molecule has 0 amide bonds. The van der Waals surface area contributed by atoms with E-state index in [0.717, 1.165) is 11.3 Å². The molecule has 0 spiro atoms. The summed E-state index contributed by atoms with van der Waals surface area (Å²) in [6.07, 6.45) is 4.76. The average Bonchev–Trinajstić information content (AvgIpc) is 3.09. The predicted molar refractivity (Wildman–Crippen MR) is 84.0 cm³/mol. The molecule has 6 heteroatoms. The van der Waals surface area contributed by atoms with E-state index < -0.39 is 0 Å². The average molecular weight is 311 g/mol. The van der Waals surface area contributed by atoms with Crippen molar-refractivity contribution in [3.63, 3.8) is 0 Å². The van der Waals surface area contributed by atoms with E-state index in [1.54, 1.807) is 36.4 Å². The number of carbonyl (C=O) groups excluding carboxylic acids is 1. The molecule has 0 aliphatic heterocycles. The van der Waals surface area contributed by atoms with E-state index in [0.29, 0.717) is 10.6 Å². The van der Waals surface area contributed by atoms with Gasteiger partial charge in [-0.15, -0.1) is 5.10 Å². The Bertz CT molecular complexity index is 810. The van der Waals surface area contributed by atoms with Crippen LogP contribution in [-0.4, -0.2) is 26.0 Å². The first-order valence-corrected chi connectivity index (χ1v) is 6.91. The summed E-state index contributed by atoms with van der Waals surface area (Å²) in [7, 11) is 0. The lowest BCUT2D eigenvalue weighted by molar-refractivity contribution is 0.104. The number of benzene rings is 2. The summed E-state index contributed by atoms with van der Waals surface area (Å²) in [5.41, 5.74) is 2.21. The molecule has 0 atom stereocenters. The number of carbonyl (C=O) groups is 1. The number of nitrogens with zero attached hydrogens (tertiary/aromatic N) is 4. The third-order valence-electron chi connectivity index (χ3n) is 3.04. The number of ketones is 1. The quantitative estimate of drug-likeness (QED) is 0.548. The van der Waals surface area contributed by atoms with Gasteiger partial charge in [-0.25, -0.2) is 4.68 Å². The molecule has 22 heavy (non-hydrogen) atoms. The van der Waals surface area contributed by atoms with Crippen LogP contribution in [-0.2, 0) is 0 Å². The molecule has 0 aliphatic carbocycles. The van der Waals surface area contributed by atoms with E-state index in [9.17, 15) is 4.79 Å². The molecular weight excluding hydrogens is 300 g/mol. The maximum atomic E-state index is 12.2. The number of hydrogen-bond donors (Lipinski definition) is 0. The molecule has 1 aromatic heterocycles. The van der Waals surface area contributed by atoms with E-state index in [1.807, 2.05) is 18.2 Å². The van der Waals surface area contributed by atoms with Crippen molar-refractivity contribution < 1.29 is 4.79 Å². The molecule has 0 saturated heterocycles. The Morgan fingerprint density at radius 3 is 2.68 bits per heavy atom. The van der Waals surface area contributed by atoms with E-state index in [-0.39, 0.29) is 5.78 Å². The first-order chi connectivity index (χ1) is 10.7. The van der Waals surface area contributed by atoms with Crippen LogP contribution in [0.2, 0.25) is 5.02 Å². The summed E-state index contributed by atoms with van der Waals surface area (Å²) in [4.78, 5) is 12.2. The molecule has 3 aromatic rings. The van der Waals surface area contributed by atoms with Gasteiger partial charge < -0.3 is 0 Å². The maximum absolute atomic E-state index is 12.2. The molecule has 1 heterocycles. The second-order valence-corrected chi connectivity index (χ2v) is 4.99. The highest BCUT2D eigenvalue weighted by molar-refractivity contribution is 6.30. The van der Waals surface area contributed by atoms with Crippen molar-refractivity contribution in [3.05, 3.63) is 77.1 Å². The Kier molecular flexibility index (Phi) is 4.07. The summed E-state index contributed by atoms with van der Waals surface area (Å²) in [6.45, 7) is 0. The maximum Gasteiger partial charge on any atom is 0.185 e. The van der Waals surface area contributed by atoms with Crippen LogP contribution in [0.3, 0.4) is 0 Å². The number of halogens is 1. The largest absolute Gasteiger partial charge is 0.289 e. The zero-order valence-corrected chi connectivity index (χ0v) is 12.2. The van der Waals surface area contributed by atoms with Crippen LogP contribution in [0.4, 0.5) is 0 Å². The highest BCUT2D eigenvalue weighted by atomic mass is 35.5. The van der Waals surface area contributed by atoms with Gasteiger partial charge in [0.05, 0.1) is 5.69 Å². The van der Waals surface area contributed by atoms with Crippen molar-refractivity contribution in [1.29, 1.82) is 0 Å². The zero-order chi connectivity index (χ0) is 15.4. The minimum atomic E-state index is -0.0927. The number of aromatic nitrogens is 4. The molecule has 0 saturated carbocycles. The summed E-state index contributed by atoms with van der Waals surface area (Å²) < 4.78 is 1.50. The van der Waals surface area contributed by atoms with E-state index in [1.165, 1.54) is 17.1 Å². The number of tetrazole rings is 1. The second-order valence-electron chi connectivity index (χ2n) is 4.55. The van der Waals surface area contributed by atoms with Gasteiger partial charge in [0.15, 0.2) is 5.78 Å². The van der Waals surface area contributed by atoms with Gasteiger partial charge in [-0.3, -0.25) is 4.79 Å². The van der Waals surface area contributed by atoms with Crippen LogP contribution in [0.5, 0.6) is 0 Å². The van der Waals surface area contributed by atoms with Crippen molar-refractivity contribution in [3.8, 4) is 5.69 Å². The molecule has 5 nitrogen and oxygen atoms in total. The minimum Gasteiger partial charge on any atom is -0.289 e. The number of allylic oxidation sites excluding steroid dienone is 1. The van der Waals surface area contributed by atoms with Gasteiger partial charge in [0, 0.05) is 10.6 Å². The molecule has 0 radical (unpaired) electrons. The fraction of sp³-hybridized carbons (Fsp3) is 0. The van der Waals surface area contributed by atoms with Crippen LogP contribution in [0.25, 0.3) is 11.8 Å². The van der Waals surface area contributed by atoms with Crippen LogP contribution in [0, 0.1) is 0 Å². The topological polar surface area (TPSA) is 60.7 Å². The van der Waals surface area contributed by atoms with Gasteiger partial charge in [-0.1, -0.05) is 41.9 Å². The van der Waals surface area contributed by atoms with Crippen molar-refractivity contribution in [2.24, 2.45) is 0 Å². The predicted octanol–water partition coefficient (Wildman–Crippen LogP) is 3.21. The summed E-state index contributed by atoms with van der Waals surface area (Å²) in [5, 5.41) is 11.6. The SMILES string of the molecule is O=C(/C=C/c1ccc(Cl)cc1)c1cccc(-n2cnnn2)c1. The summed E-state index contributed by atoms with van der Waals surface area (Å²) in [6, 6.07) is 14.4. The Labute approximate surface area is 131 Å². The Hall–Kier alpha value is -2.79. The molecular formula is C16H11ClN4O.